The van der Waals surface area contributed by atoms with Gasteiger partial charge >= 0.3 is 0 Å². The quantitative estimate of drug-likeness (QED) is 0.480. The number of pyridine rings is 1. The van der Waals surface area contributed by atoms with E-state index in [0.29, 0.717) is 0 Å². The van der Waals surface area contributed by atoms with Crippen molar-refractivity contribution in [3.63, 3.8) is 0 Å². The van der Waals surface area contributed by atoms with Gasteiger partial charge in [-0.15, -0.1) is 10.2 Å². The lowest BCUT2D eigenvalue weighted by atomic mass is 10.2. The first-order chi connectivity index (χ1) is 12.8. The topological polar surface area (TPSA) is 43.6 Å². The normalized spacial score (nSPS) is 10.8. The third-order valence-electron chi connectivity index (χ3n) is 3.84. The van der Waals surface area contributed by atoms with E-state index in [1.165, 1.54) is 12.1 Å². The smallest absolute Gasteiger partial charge is 0.196 e. The van der Waals surface area contributed by atoms with Crippen LogP contribution in [0.1, 0.15) is 5.56 Å². The summed E-state index contributed by atoms with van der Waals surface area (Å²) in [5, 5.41) is 9.50. The number of benzene rings is 2. The maximum absolute atomic E-state index is 13.4. The Labute approximate surface area is 154 Å². The second-order valence-electron chi connectivity index (χ2n) is 5.63. The van der Waals surface area contributed by atoms with Gasteiger partial charge in [0, 0.05) is 29.4 Å². The lowest BCUT2D eigenvalue weighted by Gasteiger charge is -2.10. The lowest BCUT2D eigenvalue weighted by molar-refractivity contribution is 0.627. The SMILES string of the molecule is Fc1ccc(-n2c(SCc3cccnc3)nnc2-c2ccccc2)cc1. The monoisotopic (exact) mass is 362 g/mol. The van der Waals surface area contributed by atoms with Crippen LogP contribution in [0.15, 0.2) is 84.3 Å². The van der Waals surface area contributed by atoms with Crippen molar-refractivity contribution in [1.82, 2.24) is 19.7 Å². The number of aromatic nitrogens is 4. The molecule has 0 spiro atoms. The van der Waals surface area contributed by atoms with Gasteiger partial charge in [0.2, 0.25) is 0 Å². The molecule has 0 aliphatic carbocycles. The molecule has 0 fully saturated rings. The number of hydrogen-bond acceptors (Lipinski definition) is 4. The zero-order valence-corrected chi connectivity index (χ0v) is 14.6. The molecule has 0 atom stereocenters. The summed E-state index contributed by atoms with van der Waals surface area (Å²) in [4.78, 5) is 4.14. The highest BCUT2D eigenvalue weighted by Gasteiger charge is 2.16. The van der Waals surface area contributed by atoms with Crippen LogP contribution >= 0.6 is 11.8 Å². The van der Waals surface area contributed by atoms with E-state index < -0.39 is 0 Å². The van der Waals surface area contributed by atoms with Crippen molar-refractivity contribution in [2.75, 3.05) is 0 Å². The molecule has 0 bridgehead atoms. The molecular formula is C20H15FN4S. The highest BCUT2D eigenvalue weighted by molar-refractivity contribution is 7.98. The molecule has 4 aromatic rings. The lowest BCUT2D eigenvalue weighted by Crippen LogP contribution is -2.00. The van der Waals surface area contributed by atoms with Crippen molar-refractivity contribution in [3.8, 4) is 17.1 Å². The van der Waals surface area contributed by atoms with Crippen molar-refractivity contribution in [2.45, 2.75) is 10.9 Å². The Morgan fingerprint density at radius 2 is 1.69 bits per heavy atom. The number of halogens is 1. The summed E-state index contributed by atoms with van der Waals surface area (Å²) in [5.74, 6) is 1.18. The van der Waals surface area contributed by atoms with E-state index in [9.17, 15) is 4.39 Å². The summed E-state index contributed by atoms with van der Waals surface area (Å²) in [7, 11) is 0. The van der Waals surface area contributed by atoms with Gasteiger partial charge in [0.25, 0.3) is 0 Å². The number of hydrogen-bond donors (Lipinski definition) is 0. The van der Waals surface area contributed by atoms with Crippen LogP contribution in [0.25, 0.3) is 17.1 Å². The Balaban J connectivity index is 1.74. The second kappa shape index (κ2) is 7.49. The Kier molecular flexibility index (Phi) is 4.75. The van der Waals surface area contributed by atoms with Crippen LogP contribution < -0.4 is 0 Å². The van der Waals surface area contributed by atoms with Crippen LogP contribution in [-0.2, 0) is 5.75 Å². The average molecular weight is 362 g/mol. The highest BCUT2D eigenvalue weighted by atomic mass is 32.2. The predicted molar refractivity (Wildman–Crippen MR) is 101 cm³/mol. The molecule has 0 aliphatic heterocycles. The summed E-state index contributed by atoms with van der Waals surface area (Å²) in [6, 6.07) is 20.1. The summed E-state index contributed by atoms with van der Waals surface area (Å²) < 4.78 is 15.3. The largest absolute Gasteiger partial charge is 0.270 e. The van der Waals surface area contributed by atoms with Gasteiger partial charge < -0.3 is 0 Å². The zero-order valence-electron chi connectivity index (χ0n) is 13.8. The first-order valence-corrected chi connectivity index (χ1v) is 9.08. The molecule has 2 aromatic carbocycles. The molecule has 0 amide bonds. The van der Waals surface area contributed by atoms with E-state index in [2.05, 4.69) is 15.2 Å². The van der Waals surface area contributed by atoms with Gasteiger partial charge in [-0.2, -0.15) is 0 Å². The van der Waals surface area contributed by atoms with Crippen LogP contribution in [-0.4, -0.2) is 19.7 Å². The molecule has 4 nitrogen and oxygen atoms in total. The van der Waals surface area contributed by atoms with E-state index >= 15 is 0 Å². The maximum atomic E-state index is 13.4. The van der Waals surface area contributed by atoms with Crippen LogP contribution in [0.3, 0.4) is 0 Å². The van der Waals surface area contributed by atoms with Gasteiger partial charge in [0.15, 0.2) is 11.0 Å². The molecule has 0 aliphatic rings. The summed E-state index contributed by atoms with van der Waals surface area (Å²) in [6.45, 7) is 0. The third-order valence-corrected chi connectivity index (χ3v) is 4.84. The van der Waals surface area contributed by atoms with Crippen molar-refractivity contribution >= 4 is 11.8 Å². The van der Waals surface area contributed by atoms with Crippen LogP contribution in [0.5, 0.6) is 0 Å². The average Bonchev–Trinajstić information content (AvgIpc) is 3.12. The molecule has 26 heavy (non-hydrogen) atoms. The molecular weight excluding hydrogens is 347 g/mol. The van der Waals surface area contributed by atoms with Crippen LogP contribution in [0.2, 0.25) is 0 Å². The molecule has 0 radical (unpaired) electrons. The minimum Gasteiger partial charge on any atom is -0.270 e. The Morgan fingerprint density at radius 1 is 0.885 bits per heavy atom. The minimum absolute atomic E-state index is 0.271. The van der Waals surface area contributed by atoms with Gasteiger partial charge in [-0.05, 0) is 35.9 Å². The summed E-state index contributed by atoms with van der Waals surface area (Å²) in [6.07, 6.45) is 3.59. The van der Waals surface area contributed by atoms with Crippen molar-refractivity contribution in [2.24, 2.45) is 0 Å². The Hall–Kier alpha value is -2.99. The summed E-state index contributed by atoms with van der Waals surface area (Å²) in [5.41, 5.74) is 2.88. The first kappa shape index (κ1) is 16.5. The van der Waals surface area contributed by atoms with Gasteiger partial charge in [0.1, 0.15) is 5.82 Å². The first-order valence-electron chi connectivity index (χ1n) is 8.10. The molecule has 128 valence electrons. The van der Waals surface area contributed by atoms with Gasteiger partial charge in [-0.25, -0.2) is 4.39 Å². The number of nitrogens with zero attached hydrogens (tertiary/aromatic N) is 4. The van der Waals surface area contributed by atoms with Gasteiger partial charge in [-0.3, -0.25) is 9.55 Å². The molecule has 0 unspecified atom stereocenters. The van der Waals surface area contributed by atoms with Gasteiger partial charge in [-0.1, -0.05) is 48.2 Å². The zero-order chi connectivity index (χ0) is 17.8. The number of rotatable bonds is 5. The van der Waals surface area contributed by atoms with Crippen molar-refractivity contribution in [1.29, 1.82) is 0 Å². The molecule has 0 saturated heterocycles. The fourth-order valence-corrected chi connectivity index (χ4v) is 3.48. The predicted octanol–water partition coefficient (Wildman–Crippen LogP) is 4.76. The van der Waals surface area contributed by atoms with E-state index in [1.54, 1.807) is 30.1 Å². The molecule has 6 heteroatoms. The molecule has 0 N–H and O–H groups in total. The van der Waals surface area contributed by atoms with E-state index in [0.717, 1.165) is 33.5 Å². The van der Waals surface area contributed by atoms with E-state index in [4.69, 9.17) is 0 Å². The number of thioether (sulfide) groups is 1. The Morgan fingerprint density at radius 3 is 2.42 bits per heavy atom. The fourth-order valence-electron chi connectivity index (χ4n) is 2.59. The summed E-state index contributed by atoms with van der Waals surface area (Å²) >= 11 is 1.57. The molecule has 0 saturated carbocycles. The Bertz CT molecular complexity index is 986. The molecule has 2 aromatic heterocycles. The van der Waals surface area contributed by atoms with Crippen LogP contribution in [0, 0.1) is 5.82 Å². The van der Waals surface area contributed by atoms with E-state index in [1.807, 2.05) is 53.2 Å². The molecule has 2 heterocycles. The third kappa shape index (κ3) is 3.50. The van der Waals surface area contributed by atoms with Crippen molar-refractivity contribution < 1.29 is 4.39 Å². The molecule has 4 rings (SSSR count). The highest BCUT2D eigenvalue weighted by Crippen LogP contribution is 2.29. The maximum Gasteiger partial charge on any atom is 0.196 e. The fraction of sp³-hybridized carbons (Fsp3) is 0.0500. The van der Waals surface area contributed by atoms with Crippen molar-refractivity contribution in [3.05, 3.63) is 90.5 Å². The second-order valence-corrected chi connectivity index (χ2v) is 6.58. The minimum atomic E-state index is -0.271. The van der Waals surface area contributed by atoms with Gasteiger partial charge in [0.05, 0.1) is 0 Å². The van der Waals surface area contributed by atoms with Crippen LogP contribution in [0.4, 0.5) is 4.39 Å². The standard InChI is InChI=1S/C20H15FN4S/c21-17-8-10-18(11-9-17)25-19(16-6-2-1-3-7-16)23-24-20(25)26-14-15-5-4-12-22-13-15/h1-13H,14H2. The van der Waals surface area contributed by atoms with E-state index in [-0.39, 0.29) is 5.82 Å².